The van der Waals surface area contributed by atoms with Crippen molar-refractivity contribution in [2.24, 2.45) is 0 Å². The number of pyridine rings is 1. The van der Waals surface area contributed by atoms with Gasteiger partial charge in [-0.2, -0.15) is 13.2 Å². The Bertz CT molecular complexity index is 1840. The summed E-state index contributed by atoms with van der Waals surface area (Å²) in [6.45, 7) is 2.03. The first kappa shape index (κ1) is 33.6. The molecule has 4 aromatic rings. The molecule has 0 saturated heterocycles. The van der Waals surface area contributed by atoms with Crippen LogP contribution >= 0.6 is 0 Å². The Kier molecular flexibility index (Phi) is 9.71. The van der Waals surface area contributed by atoms with Crippen LogP contribution in [0.1, 0.15) is 52.7 Å². The van der Waals surface area contributed by atoms with Crippen LogP contribution in [0.4, 0.5) is 27.8 Å². The molecule has 1 aromatic heterocycles. The number of rotatable bonds is 11. The van der Waals surface area contributed by atoms with Crippen LogP contribution in [0.2, 0.25) is 0 Å². The van der Waals surface area contributed by atoms with Crippen LogP contribution in [0.25, 0.3) is 11.1 Å². The molecule has 0 spiro atoms. The van der Waals surface area contributed by atoms with Crippen LogP contribution < -0.4 is 15.6 Å². The maximum Gasteiger partial charge on any atom is 0.416 e. The van der Waals surface area contributed by atoms with Crippen molar-refractivity contribution in [3.05, 3.63) is 117 Å². The van der Waals surface area contributed by atoms with Gasteiger partial charge >= 0.3 is 12.1 Å². The minimum absolute atomic E-state index is 0.0713. The number of carboxylic acids is 1. The van der Waals surface area contributed by atoms with E-state index >= 15 is 8.78 Å². The van der Waals surface area contributed by atoms with Crippen LogP contribution in [0.5, 0.6) is 5.75 Å². The van der Waals surface area contributed by atoms with Gasteiger partial charge in [0, 0.05) is 36.1 Å². The Morgan fingerprint density at radius 1 is 1.06 bits per heavy atom. The average Bonchev–Trinajstić information content (AvgIpc) is 3.45. The van der Waals surface area contributed by atoms with Gasteiger partial charge in [0.15, 0.2) is 11.6 Å². The first-order valence-electron chi connectivity index (χ1n) is 15.0. The molecule has 12 heteroatoms. The fourth-order valence-corrected chi connectivity index (χ4v) is 6.53. The van der Waals surface area contributed by atoms with Gasteiger partial charge in [0.25, 0.3) is 5.56 Å². The zero-order valence-electron chi connectivity index (χ0n) is 26.0. The fourth-order valence-electron chi connectivity index (χ4n) is 6.53. The third kappa shape index (κ3) is 6.60. The standard InChI is InChI=1S/C35H34F5N3O4/c1-20-23(18-24-25(35(38,39)40)13-8-14-26(24)36)33-41-19-27(32(21-10-5-4-6-11-21)42(2)17-9-16-29(44)45)43(33)34(46)30(20)22-12-7-15-28(47-3)31(22)37/h4-8,10-15,27,32,41H,9,16-19H2,1-3H3,(H,44,45). The molecule has 0 radical (unpaired) electrons. The Labute approximate surface area is 268 Å². The Balaban J connectivity index is 1.77. The van der Waals surface area contributed by atoms with Gasteiger partial charge < -0.3 is 15.2 Å². The van der Waals surface area contributed by atoms with Gasteiger partial charge in [-0.1, -0.05) is 48.5 Å². The van der Waals surface area contributed by atoms with Crippen LogP contribution in [-0.4, -0.2) is 47.8 Å². The molecule has 2 atom stereocenters. The van der Waals surface area contributed by atoms with E-state index in [0.29, 0.717) is 13.0 Å². The molecule has 0 fully saturated rings. The number of carbonyl (C=O) groups is 1. The average molecular weight is 656 g/mol. The number of aliphatic carboxylic acids is 1. The molecule has 3 aromatic carbocycles. The summed E-state index contributed by atoms with van der Waals surface area (Å²) in [5, 5.41) is 12.4. The third-order valence-corrected chi connectivity index (χ3v) is 8.71. The topological polar surface area (TPSA) is 83.8 Å². The van der Waals surface area contributed by atoms with Gasteiger partial charge in [0.2, 0.25) is 0 Å². The van der Waals surface area contributed by atoms with Gasteiger partial charge in [-0.05, 0) is 56.3 Å². The molecule has 7 nitrogen and oxygen atoms in total. The first-order chi connectivity index (χ1) is 22.3. The highest BCUT2D eigenvalue weighted by molar-refractivity contribution is 5.74. The molecule has 0 saturated carbocycles. The Morgan fingerprint density at radius 3 is 2.43 bits per heavy atom. The number of carboxylic acid groups (broad SMARTS) is 1. The van der Waals surface area contributed by atoms with Crippen LogP contribution in [0, 0.1) is 18.6 Å². The molecule has 1 aliphatic heterocycles. The highest BCUT2D eigenvalue weighted by atomic mass is 19.4. The number of anilines is 1. The minimum atomic E-state index is -4.85. The molecule has 0 aliphatic carbocycles. The SMILES string of the molecule is COc1cccc(-c2c(C)c(Cc3c(F)cccc3C(F)(F)F)c3n(c2=O)C(C(c2ccccc2)N(C)CCCC(=O)O)CN3)c1F. The van der Waals surface area contributed by atoms with Crippen molar-refractivity contribution in [3.63, 3.8) is 0 Å². The van der Waals surface area contributed by atoms with E-state index in [1.165, 1.54) is 36.8 Å². The lowest BCUT2D eigenvalue weighted by molar-refractivity contribution is -0.138. The summed E-state index contributed by atoms with van der Waals surface area (Å²) < 4.78 is 79.9. The molecule has 0 bridgehead atoms. The molecule has 2 N–H and O–H groups in total. The smallest absolute Gasteiger partial charge is 0.416 e. The van der Waals surface area contributed by atoms with Gasteiger partial charge in [-0.15, -0.1) is 0 Å². The van der Waals surface area contributed by atoms with E-state index in [2.05, 4.69) is 5.32 Å². The minimum Gasteiger partial charge on any atom is -0.494 e. The molecule has 47 heavy (non-hydrogen) atoms. The highest BCUT2D eigenvalue weighted by Gasteiger charge is 2.39. The van der Waals surface area contributed by atoms with Crippen molar-refractivity contribution in [2.45, 2.75) is 44.4 Å². The number of benzene rings is 3. The van der Waals surface area contributed by atoms with Crippen molar-refractivity contribution in [1.82, 2.24) is 9.47 Å². The summed E-state index contributed by atoms with van der Waals surface area (Å²) in [6.07, 6.45) is -5.14. The number of methoxy groups -OCH3 is 1. The van der Waals surface area contributed by atoms with Crippen LogP contribution in [0.15, 0.2) is 71.5 Å². The molecule has 2 unspecified atom stereocenters. The van der Waals surface area contributed by atoms with Gasteiger partial charge in [-0.3, -0.25) is 19.1 Å². The number of ether oxygens (including phenoxy) is 1. The lowest BCUT2D eigenvalue weighted by Crippen LogP contribution is -2.37. The van der Waals surface area contributed by atoms with E-state index in [1.807, 2.05) is 35.2 Å². The van der Waals surface area contributed by atoms with Crippen molar-refractivity contribution in [3.8, 4) is 16.9 Å². The number of halogens is 5. The normalized spacial score (nSPS) is 15.0. The van der Waals surface area contributed by atoms with E-state index in [-0.39, 0.29) is 46.8 Å². The van der Waals surface area contributed by atoms with Crippen LogP contribution in [0.3, 0.4) is 0 Å². The maximum atomic E-state index is 15.8. The summed E-state index contributed by atoms with van der Waals surface area (Å²) in [4.78, 5) is 27.7. The summed E-state index contributed by atoms with van der Waals surface area (Å²) >= 11 is 0. The molecular weight excluding hydrogens is 621 g/mol. The van der Waals surface area contributed by atoms with Crippen molar-refractivity contribution in [2.75, 3.05) is 32.6 Å². The molecule has 2 heterocycles. The lowest BCUT2D eigenvalue weighted by atomic mass is 9.91. The number of aromatic nitrogens is 1. The zero-order chi connectivity index (χ0) is 34.0. The summed E-state index contributed by atoms with van der Waals surface area (Å²) in [5.74, 6) is -2.75. The first-order valence-corrected chi connectivity index (χ1v) is 15.0. The largest absolute Gasteiger partial charge is 0.494 e. The summed E-state index contributed by atoms with van der Waals surface area (Å²) in [5.41, 5.74) is -1.31. The number of nitrogens with one attached hydrogen (secondary N) is 1. The number of hydrogen-bond acceptors (Lipinski definition) is 5. The van der Waals surface area contributed by atoms with E-state index in [0.717, 1.165) is 23.8 Å². The monoisotopic (exact) mass is 655 g/mol. The third-order valence-electron chi connectivity index (χ3n) is 8.71. The second-order valence-electron chi connectivity index (χ2n) is 11.5. The van der Waals surface area contributed by atoms with E-state index < -0.39 is 59.0 Å². The predicted molar refractivity (Wildman–Crippen MR) is 168 cm³/mol. The quantitative estimate of drug-likeness (QED) is 0.166. The Morgan fingerprint density at radius 2 is 1.77 bits per heavy atom. The van der Waals surface area contributed by atoms with E-state index in [4.69, 9.17) is 4.74 Å². The number of hydrogen-bond donors (Lipinski definition) is 2. The van der Waals surface area contributed by atoms with Crippen LogP contribution in [-0.2, 0) is 17.4 Å². The summed E-state index contributed by atoms with van der Waals surface area (Å²) in [6, 6.07) is 15.1. The number of likely N-dealkylation sites (N-methyl/N-ethyl adjacent to an activating group) is 1. The van der Waals surface area contributed by atoms with Gasteiger partial charge in [0.1, 0.15) is 11.6 Å². The van der Waals surface area contributed by atoms with Crippen molar-refractivity contribution < 1.29 is 36.6 Å². The molecule has 5 rings (SSSR count). The molecule has 0 amide bonds. The maximum absolute atomic E-state index is 15.8. The molecule has 248 valence electrons. The van der Waals surface area contributed by atoms with Crippen molar-refractivity contribution in [1.29, 1.82) is 0 Å². The second kappa shape index (κ2) is 13.6. The molecule has 1 aliphatic rings. The number of nitrogens with zero attached hydrogens (tertiary/aromatic N) is 2. The predicted octanol–water partition coefficient (Wildman–Crippen LogP) is 7.22. The lowest BCUT2D eigenvalue weighted by Gasteiger charge is -2.34. The van der Waals surface area contributed by atoms with E-state index in [1.54, 1.807) is 7.05 Å². The Hall–Kier alpha value is -4.71. The molecular formula is C35H34F5N3O4. The number of fused-ring (bicyclic) bond motifs is 1. The van der Waals surface area contributed by atoms with Crippen molar-refractivity contribution >= 4 is 11.8 Å². The highest BCUT2D eigenvalue weighted by Crippen LogP contribution is 2.43. The summed E-state index contributed by atoms with van der Waals surface area (Å²) in [7, 11) is 3.08. The fraction of sp³-hybridized carbons (Fsp3) is 0.314. The second-order valence-corrected chi connectivity index (χ2v) is 11.5. The van der Waals surface area contributed by atoms with Gasteiger partial charge in [-0.25, -0.2) is 8.78 Å². The van der Waals surface area contributed by atoms with E-state index in [9.17, 15) is 27.9 Å². The van der Waals surface area contributed by atoms with Gasteiger partial charge in [0.05, 0.1) is 30.3 Å². The zero-order valence-corrected chi connectivity index (χ0v) is 26.0. The number of alkyl halides is 3.